The van der Waals surface area contributed by atoms with Gasteiger partial charge in [0.05, 0.1) is 0 Å². The summed E-state index contributed by atoms with van der Waals surface area (Å²) in [5.41, 5.74) is 0.275. The minimum atomic E-state index is 0. The van der Waals surface area contributed by atoms with Crippen molar-refractivity contribution in [1.82, 2.24) is 5.32 Å². The van der Waals surface area contributed by atoms with E-state index in [0.717, 1.165) is 18.4 Å². The van der Waals surface area contributed by atoms with Crippen LogP contribution in [0.3, 0.4) is 0 Å². The highest BCUT2D eigenvalue weighted by molar-refractivity contribution is 5.85. The first-order valence-electron chi connectivity index (χ1n) is 6.56. The summed E-state index contributed by atoms with van der Waals surface area (Å²) in [4.78, 5) is 0. The van der Waals surface area contributed by atoms with Gasteiger partial charge in [0, 0.05) is 5.54 Å². The van der Waals surface area contributed by atoms with Gasteiger partial charge in [-0.2, -0.15) is 0 Å². The van der Waals surface area contributed by atoms with Crippen LogP contribution >= 0.6 is 12.4 Å². The molecule has 0 heterocycles. The van der Waals surface area contributed by atoms with Crippen LogP contribution in [-0.4, -0.2) is 12.1 Å². The molecule has 0 spiro atoms. The molecule has 2 heteroatoms. The molecular weight excluding hydrogens is 218 g/mol. The molecule has 0 fully saturated rings. The Morgan fingerprint density at radius 1 is 0.938 bits per heavy atom. The maximum absolute atomic E-state index is 3.55. The van der Waals surface area contributed by atoms with Crippen LogP contribution in [-0.2, 0) is 0 Å². The normalized spacial score (nSPS) is 13.7. The fraction of sp³-hybridized carbons (Fsp3) is 1.00. The predicted molar refractivity (Wildman–Crippen MR) is 77.5 cm³/mol. The summed E-state index contributed by atoms with van der Waals surface area (Å²) in [6, 6.07) is 0. The van der Waals surface area contributed by atoms with Crippen molar-refractivity contribution in [2.24, 2.45) is 11.8 Å². The van der Waals surface area contributed by atoms with Crippen molar-refractivity contribution in [3.63, 3.8) is 0 Å². The topological polar surface area (TPSA) is 12.0 Å². The number of hydrogen-bond acceptors (Lipinski definition) is 1. The molecule has 0 aliphatic heterocycles. The van der Waals surface area contributed by atoms with Crippen LogP contribution in [0.15, 0.2) is 0 Å². The largest absolute Gasteiger partial charge is 0.312 e. The summed E-state index contributed by atoms with van der Waals surface area (Å²) in [5, 5.41) is 3.55. The first kappa shape index (κ1) is 18.6. The third-order valence-corrected chi connectivity index (χ3v) is 2.77. The highest BCUT2D eigenvalue weighted by atomic mass is 35.5. The van der Waals surface area contributed by atoms with Gasteiger partial charge in [-0.15, -0.1) is 12.4 Å². The van der Waals surface area contributed by atoms with Gasteiger partial charge in [0.15, 0.2) is 0 Å². The summed E-state index contributed by atoms with van der Waals surface area (Å²) in [6.07, 6.45) is 5.49. The molecule has 0 rings (SSSR count). The standard InChI is InChI=1S/C14H31N.ClH/c1-12(2)8-7-9-13(3)10-11-15-14(4,5)6;/h12-13,15H,7-11H2,1-6H3;1H. The SMILES string of the molecule is CC(C)CCCC(C)CCNC(C)(C)C.Cl. The third-order valence-electron chi connectivity index (χ3n) is 2.77. The van der Waals surface area contributed by atoms with Gasteiger partial charge < -0.3 is 5.32 Å². The minimum absolute atomic E-state index is 0. The lowest BCUT2D eigenvalue weighted by molar-refractivity contribution is 0.376. The van der Waals surface area contributed by atoms with E-state index in [4.69, 9.17) is 0 Å². The van der Waals surface area contributed by atoms with E-state index < -0.39 is 0 Å². The second kappa shape index (κ2) is 9.30. The van der Waals surface area contributed by atoms with Crippen LogP contribution in [0.1, 0.15) is 67.2 Å². The molecule has 0 aromatic carbocycles. The number of nitrogens with one attached hydrogen (secondary N) is 1. The number of halogens is 1. The van der Waals surface area contributed by atoms with E-state index in [1.54, 1.807) is 0 Å². The lowest BCUT2D eigenvalue weighted by Crippen LogP contribution is -2.36. The molecule has 0 saturated heterocycles. The fourth-order valence-corrected chi connectivity index (χ4v) is 1.71. The van der Waals surface area contributed by atoms with Crippen molar-refractivity contribution in [1.29, 1.82) is 0 Å². The Bertz CT molecular complexity index is 149. The van der Waals surface area contributed by atoms with Gasteiger partial charge >= 0.3 is 0 Å². The van der Waals surface area contributed by atoms with E-state index in [1.165, 1.54) is 25.7 Å². The molecule has 0 aromatic heterocycles. The average molecular weight is 250 g/mol. The summed E-state index contributed by atoms with van der Waals surface area (Å²) < 4.78 is 0. The highest BCUT2D eigenvalue weighted by Gasteiger charge is 2.09. The molecule has 0 amide bonds. The first-order valence-corrected chi connectivity index (χ1v) is 6.56. The maximum atomic E-state index is 3.55. The molecule has 16 heavy (non-hydrogen) atoms. The average Bonchev–Trinajstić information content (AvgIpc) is 2.00. The molecule has 0 aromatic rings. The predicted octanol–water partition coefficient (Wildman–Crippen LogP) is 4.65. The minimum Gasteiger partial charge on any atom is -0.312 e. The smallest absolute Gasteiger partial charge is 0.00965 e. The van der Waals surface area contributed by atoms with Crippen LogP contribution in [0, 0.1) is 11.8 Å². The van der Waals surface area contributed by atoms with Gasteiger partial charge in [-0.05, 0) is 45.6 Å². The third kappa shape index (κ3) is 14.2. The van der Waals surface area contributed by atoms with E-state index >= 15 is 0 Å². The zero-order valence-electron chi connectivity index (χ0n) is 12.1. The van der Waals surface area contributed by atoms with Gasteiger partial charge in [-0.1, -0.05) is 40.0 Å². The lowest BCUT2D eigenvalue weighted by atomic mass is 9.97. The van der Waals surface area contributed by atoms with E-state index in [0.29, 0.717) is 0 Å². The summed E-state index contributed by atoms with van der Waals surface area (Å²) in [5.74, 6) is 1.74. The molecule has 1 nitrogen and oxygen atoms in total. The summed E-state index contributed by atoms with van der Waals surface area (Å²) >= 11 is 0. The lowest BCUT2D eigenvalue weighted by Gasteiger charge is -2.22. The van der Waals surface area contributed by atoms with Gasteiger partial charge in [0.1, 0.15) is 0 Å². The number of hydrogen-bond donors (Lipinski definition) is 1. The monoisotopic (exact) mass is 249 g/mol. The second-order valence-corrected chi connectivity index (χ2v) is 6.40. The molecule has 0 saturated carbocycles. The highest BCUT2D eigenvalue weighted by Crippen LogP contribution is 2.15. The van der Waals surface area contributed by atoms with Crippen LogP contribution in [0.4, 0.5) is 0 Å². The van der Waals surface area contributed by atoms with Gasteiger partial charge in [-0.25, -0.2) is 0 Å². The molecule has 100 valence electrons. The quantitative estimate of drug-likeness (QED) is 0.693. The Morgan fingerprint density at radius 3 is 1.94 bits per heavy atom. The summed E-state index contributed by atoms with van der Waals surface area (Å²) in [7, 11) is 0. The van der Waals surface area contributed by atoms with E-state index in [9.17, 15) is 0 Å². The molecule has 0 aliphatic rings. The zero-order valence-corrected chi connectivity index (χ0v) is 12.9. The van der Waals surface area contributed by atoms with Crippen LogP contribution in [0.25, 0.3) is 0 Å². The van der Waals surface area contributed by atoms with Crippen molar-refractivity contribution in [3.8, 4) is 0 Å². The molecule has 1 unspecified atom stereocenters. The maximum Gasteiger partial charge on any atom is 0.00965 e. The molecular formula is C14H32ClN. The Kier molecular flexibility index (Phi) is 10.8. The van der Waals surface area contributed by atoms with E-state index in [2.05, 4.69) is 46.9 Å². The second-order valence-electron chi connectivity index (χ2n) is 6.40. The molecule has 0 aliphatic carbocycles. The molecule has 1 N–H and O–H groups in total. The van der Waals surface area contributed by atoms with Gasteiger partial charge in [-0.3, -0.25) is 0 Å². The molecule has 0 bridgehead atoms. The van der Waals surface area contributed by atoms with Crippen LogP contribution in [0.5, 0.6) is 0 Å². The Balaban J connectivity index is 0. The van der Waals surface area contributed by atoms with Crippen molar-refractivity contribution in [3.05, 3.63) is 0 Å². The number of rotatable bonds is 7. The first-order chi connectivity index (χ1) is 6.81. The van der Waals surface area contributed by atoms with E-state index in [1.807, 2.05) is 0 Å². The fourth-order valence-electron chi connectivity index (χ4n) is 1.71. The van der Waals surface area contributed by atoms with Crippen molar-refractivity contribution < 1.29 is 0 Å². The van der Waals surface area contributed by atoms with Crippen LogP contribution < -0.4 is 5.32 Å². The van der Waals surface area contributed by atoms with Gasteiger partial charge in [0.2, 0.25) is 0 Å². The Hall–Kier alpha value is 0.250. The van der Waals surface area contributed by atoms with Crippen molar-refractivity contribution in [2.75, 3.05) is 6.54 Å². The molecule has 1 atom stereocenters. The van der Waals surface area contributed by atoms with Crippen molar-refractivity contribution >= 4 is 12.4 Å². The molecule has 0 radical (unpaired) electrons. The summed E-state index contributed by atoms with van der Waals surface area (Å²) in [6.45, 7) is 14.9. The van der Waals surface area contributed by atoms with Gasteiger partial charge in [0.25, 0.3) is 0 Å². The van der Waals surface area contributed by atoms with Crippen molar-refractivity contribution in [2.45, 2.75) is 72.8 Å². The van der Waals surface area contributed by atoms with Crippen LogP contribution in [0.2, 0.25) is 0 Å². The Morgan fingerprint density at radius 2 is 1.50 bits per heavy atom. The van der Waals surface area contributed by atoms with E-state index in [-0.39, 0.29) is 17.9 Å². The zero-order chi connectivity index (χ0) is 11.9. The Labute approximate surface area is 109 Å².